The normalized spacial score (nSPS) is 20.7. The van der Waals surface area contributed by atoms with Gasteiger partial charge in [-0.25, -0.2) is 0 Å². The molecule has 0 aromatic carbocycles. The number of thioether (sulfide) groups is 1. The van der Waals surface area contributed by atoms with Crippen LogP contribution >= 0.6 is 11.8 Å². The minimum absolute atomic E-state index is 0.273. The highest BCUT2D eigenvalue weighted by Crippen LogP contribution is 2.37. The van der Waals surface area contributed by atoms with Crippen LogP contribution in [0.4, 0.5) is 0 Å². The fourth-order valence-corrected chi connectivity index (χ4v) is 3.84. The molecular formula is C19H32N2OS. The van der Waals surface area contributed by atoms with Gasteiger partial charge in [0.25, 0.3) is 0 Å². The molecular weight excluding hydrogens is 304 g/mol. The molecule has 1 aliphatic carbocycles. The number of aliphatic imine (C=N–C) groups is 1. The highest BCUT2D eigenvalue weighted by Gasteiger charge is 2.28. The second-order valence-corrected chi connectivity index (χ2v) is 6.43. The first-order valence-electron chi connectivity index (χ1n) is 8.80. The van der Waals surface area contributed by atoms with E-state index in [0.717, 1.165) is 12.2 Å². The zero-order valence-corrected chi connectivity index (χ0v) is 15.7. The van der Waals surface area contributed by atoms with Crippen molar-refractivity contribution in [2.75, 3.05) is 26.0 Å². The first kappa shape index (κ1) is 20.2. The molecule has 0 saturated carbocycles. The molecule has 2 N–H and O–H groups in total. The number of hydrogen-bond acceptors (Lipinski definition) is 4. The molecule has 4 heteroatoms. The third kappa shape index (κ3) is 6.66. The van der Waals surface area contributed by atoms with Crippen LogP contribution in [-0.2, 0) is 4.74 Å². The van der Waals surface area contributed by atoms with Gasteiger partial charge in [0.1, 0.15) is 0 Å². The summed E-state index contributed by atoms with van der Waals surface area (Å²) in [5, 5.41) is 1.27. The van der Waals surface area contributed by atoms with Crippen molar-refractivity contribution in [1.29, 1.82) is 0 Å². The minimum atomic E-state index is 0.273. The quantitative estimate of drug-likeness (QED) is 0.550. The predicted molar refractivity (Wildman–Crippen MR) is 104 cm³/mol. The van der Waals surface area contributed by atoms with E-state index in [1.54, 1.807) is 7.11 Å². The standard InChI is InChI=1S/C17H26N2OS.C2H6/c1-20-11-7-3-2-4-8-12-21-17-15-10-6-5-9-14(15)16(13-18)19-17;1-2/h2-4,7,16H,5-6,8-13,18H2,1H3;1-2H3/b4-2-,7-3-;. The summed E-state index contributed by atoms with van der Waals surface area (Å²) in [6, 6.07) is 0.273. The molecule has 0 saturated heterocycles. The molecule has 0 aromatic heterocycles. The predicted octanol–water partition coefficient (Wildman–Crippen LogP) is 4.50. The van der Waals surface area contributed by atoms with Gasteiger partial charge in [-0.15, -0.1) is 11.8 Å². The summed E-state index contributed by atoms with van der Waals surface area (Å²) in [5.41, 5.74) is 8.91. The van der Waals surface area contributed by atoms with Gasteiger partial charge in [0, 0.05) is 19.4 Å². The van der Waals surface area contributed by atoms with Crippen molar-refractivity contribution >= 4 is 16.8 Å². The molecule has 0 aromatic rings. The molecule has 1 atom stereocenters. The average molecular weight is 337 g/mol. The lowest BCUT2D eigenvalue weighted by molar-refractivity contribution is 0.234. The fourth-order valence-electron chi connectivity index (χ4n) is 2.79. The van der Waals surface area contributed by atoms with Crippen LogP contribution in [0, 0.1) is 0 Å². The van der Waals surface area contributed by atoms with Crippen molar-refractivity contribution in [2.24, 2.45) is 10.7 Å². The van der Waals surface area contributed by atoms with E-state index in [2.05, 4.69) is 12.2 Å². The molecule has 1 heterocycles. The number of hydrogen-bond donors (Lipinski definition) is 1. The number of nitrogens with zero attached hydrogens (tertiary/aromatic N) is 1. The van der Waals surface area contributed by atoms with Crippen LogP contribution in [0.2, 0.25) is 0 Å². The van der Waals surface area contributed by atoms with Gasteiger partial charge in [-0.05, 0) is 43.3 Å². The van der Waals surface area contributed by atoms with E-state index < -0.39 is 0 Å². The fraction of sp³-hybridized carbons (Fsp3) is 0.632. The molecule has 1 aliphatic heterocycles. The molecule has 23 heavy (non-hydrogen) atoms. The highest BCUT2D eigenvalue weighted by molar-refractivity contribution is 8.14. The molecule has 3 nitrogen and oxygen atoms in total. The largest absolute Gasteiger partial charge is 0.381 e. The summed E-state index contributed by atoms with van der Waals surface area (Å²) >= 11 is 1.89. The molecule has 2 aliphatic rings. The van der Waals surface area contributed by atoms with E-state index in [4.69, 9.17) is 15.5 Å². The van der Waals surface area contributed by atoms with Gasteiger partial charge in [-0.1, -0.05) is 38.2 Å². The summed E-state index contributed by atoms with van der Waals surface area (Å²) < 4.78 is 4.95. The molecule has 2 rings (SSSR count). The third-order valence-corrected chi connectivity index (χ3v) is 4.90. The van der Waals surface area contributed by atoms with Crippen molar-refractivity contribution in [3.8, 4) is 0 Å². The summed E-state index contributed by atoms with van der Waals surface area (Å²) in [4.78, 5) is 4.84. The Hall–Kier alpha value is -0.840. The maximum Gasteiger partial charge on any atom is 0.0944 e. The molecule has 1 unspecified atom stereocenters. The van der Waals surface area contributed by atoms with Gasteiger partial charge < -0.3 is 10.5 Å². The summed E-state index contributed by atoms with van der Waals surface area (Å²) in [7, 11) is 1.70. The lowest BCUT2D eigenvalue weighted by Gasteiger charge is -2.17. The van der Waals surface area contributed by atoms with Crippen molar-refractivity contribution in [2.45, 2.75) is 52.0 Å². The first-order valence-corrected chi connectivity index (χ1v) is 9.79. The average Bonchev–Trinajstić information content (AvgIpc) is 2.97. The maximum absolute atomic E-state index is 5.86. The molecule has 0 radical (unpaired) electrons. The number of rotatable bonds is 7. The van der Waals surface area contributed by atoms with Gasteiger partial charge in [0.15, 0.2) is 0 Å². The Balaban J connectivity index is 0.00000127. The molecule has 0 fully saturated rings. The van der Waals surface area contributed by atoms with Crippen LogP contribution in [-0.4, -0.2) is 37.1 Å². The van der Waals surface area contributed by atoms with Crippen LogP contribution in [0.5, 0.6) is 0 Å². The Morgan fingerprint density at radius 2 is 1.96 bits per heavy atom. The second-order valence-electron chi connectivity index (χ2n) is 5.35. The Morgan fingerprint density at radius 1 is 1.22 bits per heavy atom. The number of ether oxygens (including phenoxy) is 1. The van der Waals surface area contributed by atoms with Gasteiger partial charge in [0.05, 0.1) is 17.7 Å². The Bertz CT molecular complexity index is 452. The Labute approximate surface area is 146 Å². The van der Waals surface area contributed by atoms with Crippen molar-refractivity contribution in [1.82, 2.24) is 0 Å². The molecule has 130 valence electrons. The maximum atomic E-state index is 5.86. The summed E-state index contributed by atoms with van der Waals surface area (Å²) in [6.07, 6.45) is 14.4. The van der Waals surface area contributed by atoms with Crippen molar-refractivity contribution in [3.05, 3.63) is 35.5 Å². The van der Waals surface area contributed by atoms with E-state index in [1.807, 2.05) is 37.8 Å². The Kier molecular flexibility index (Phi) is 11.0. The van der Waals surface area contributed by atoms with Gasteiger partial charge in [-0.3, -0.25) is 4.99 Å². The summed E-state index contributed by atoms with van der Waals surface area (Å²) in [6.45, 7) is 5.33. The highest BCUT2D eigenvalue weighted by atomic mass is 32.2. The van der Waals surface area contributed by atoms with E-state index in [-0.39, 0.29) is 6.04 Å². The lowest BCUT2D eigenvalue weighted by Crippen LogP contribution is -2.19. The lowest BCUT2D eigenvalue weighted by atomic mass is 9.90. The van der Waals surface area contributed by atoms with Crippen LogP contribution in [0.25, 0.3) is 0 Å². The van der Waals surface area contributed by atoms with Crippen LogP contribution < -0.4 is 5.73 Å². The Morgan fingerprint density at radius 3 is 2.70 bits per heavy atom. The SMILES string of the molecule is CC.COC/C=C\C=C/CCSC1=NC(CN)C2=C1CCCC2. The van der Waals surface area contributed by atoms with E-state index >= 15 is 0 Å². The monoisotopic (exact) mass is 336 g/mol. The van der Waals surface area contributed by atoms with Gasteiger partial charge in [-0.2, -0.15) is 0 Å². The molecule has 0 bridgehead atoms. The van der Waals surface area contributed by atoms with E-state index in [0.29, 0.717) is 13.2 Å². The van der Waals surface area contributed by atoms with Crippen molar-refractivity contribution in [3.63, 3.8) is 0 Å². The zero-order chi connectivity index (χ0) is 16.9. The van der Waals surface area contributed by atoms with Crippen LogP contribution in [0.15, 0.2) is 40.4 Å². The smallest absolute Gasteiger partial charge is 0.0944 e. The van der Waals surface area contributed by atoms with E-state index in [9.17, 15) is 0 Å². The summed E-state index contributed by atoms with van der Waals surface area (Å²) in [5.74, 6) is 1.08. The second kappa shape index (κ2) is 12.6. The minimum Gasteiger partial charge on any atom is -0.381 e. The topological polar surface area (TPSA) is 47.6 Å². The van der Waals surface area contributed by atoms with Crippen LogP contribution in [0.3, 0.4) is 0 Å². The van der Waals surface area contributed by atoms with Crippen LogP contribution in [0.1, 0.15) is 46.0 Å². The number of methoxy groups -OCH3 is 1. The van der Waals surface area contributed by atoms with Gasteiger partial charge >= 0.3 is 0 Å². The number of nitrogens with two attached hydrogens (primary N) is 1. The number of allylic oxidation sites excluding steroid dienone is 3. The van der Waals surface area contributed by atoms with Gasteiger partial charge in [0.2, 0.25) is 0 Å². The first-order chi connectivity index (χ1) is 11.4. The van der Waals surface area contributed by atoms with E-state index in [1.165, 1.54) is 41.9 Å². The molecule has 0 spiro atoms. The molecule has 0 amide bonds. The third-order valence-electron chi connectivity index (χ3n) is 3.84. The van der Waals surface area contributed by atoms with Crippen molar-refractivity contribution < 1.29 is 4.74 Å². The zero-order valence-electron chi connectivity index (χ0n) is 14.9.